The predicted octanol–water partition coefficient (Wildman–Crippen LogP) is 3.03. The Kier molecular flexibility index (Phi) is 4.96. The van der Waals surface area contributed by atoms with Gasteiger partial charge >= 0.3 is 0 Å². The summed E-state index contributed by atoms with van der Waals surface area (Å²) in [7, 11) is -0.480. The van der Waals surface area contributed by atoms with Gasteiger partial charge in [0.15, 0.2) is 5.65 Å². The van der Waals surface area contributed by atoms with Gasteiger partial charge in [0.25, 0.3) is 10.0 Å². The Morgan fingerprint density at radius 1 is 1.09 bits per heavy atom. The molecular weight excluding hydrogens is 532 g/mol. The molecule has 1 N–H and O–H groups in total. The number of fused-ring (bicyclic) bond motifs is 4. The largest absolute Gasteiger partial charge is 0.317 e. The Hall–Kier alpha value is -3.02. The third kappa shape index (κ3) is 3.01. The highest BCUT2D eigenvalue weighted by Gasteiger charge is 2.52. The Balaban J connectivity index is 1.76. The molecule has 1 fully saturated rings. The van der Waals surface area contributed by atoms with Crippen LogP contribution < -0.4 is 10.2 Å². The smallest absolute Gasteiger partial charge is 0.269 e. The number of carbonyl (C=O) groups is 1. The molecule has 35 heavy (non-hydrogen) atoms. The van der Waals surface area contributed by atoms with Crippen molar-refractivity contribution in [2.45, 2.75) is 23.2 Å². The fourth-order valence-corrected chi connectivity index (χ4v) is 7.89. The summed E-state index contributed by atoms with van der Waals surface area (Å²) in [6.45, 7) is 1.41. The number of nitrogens with zero attached hydrogens (tertiary/aromatic N) is 5. The maximum absolute atomic E-state index is 14.0. The number of halogens is 1. The molecule has 1 spiro atoms. The lowest BCUT2D eigenvalue weighted by Crippen LogP contribution is -2.46. The van der Waals surface area contributed by atoms with Crippen molar-refractivity contribution in [3.8, 4) is 11.3 Å². The van der Waals surface area contributed by atoms with E-state index in [1.54, 1.807) is 72.6 Å². The van der Waals surface area contributed by atoms with Crippen molar-refractivity contribution in [2.75, 3.05) is 25.0 Å². The van der Waals surface area contributed by atoms with Crippen molar-refractivity contribution in [1.29, 1.82) is 0 Å². The van der Waals surface area contributed by atoms with Crippen molar-refractivity contribution in [2.24, 2.45) is 7.05 Å². The first-order valence-corrected chi connectivity index (χ1v) is 13.5. The molecule has 0 radical (unpaired) electrons. The zero-order valence-corrected chi connectivity index (χ0v) is 21.6. The van der Waals surface area contributed by atoms with Gasteiger partial charge in [0.2, 0.25) is 5.91 Å². The molecule has 2 aliphatic heterocycles. The normalized spacial score (nSPS) is 17.5. The monoisotopic (exact) mass is 554 g/mol. The number of pyridine rings is 1. The molecule has 4 aromatic rings. The summed E-state index contributed by atoms with van der Waals surface area (Å²) >= 11 is 3.75. The van der Waals surface area contributed by atoms with Crippen LogP contribution in [0.3, 0.4) is 0 Å². The van der Waals surface area contributed by atoms with E-state index in [-0.39, 0.29) is 10.8 Å². The molecule has 0 aliphatic carbocycles. The van der Waals surface area contributed by atoms with Gasteiger partial charge in [-0.3, -0.25) is 9.48 Å². The van der Waals surface area contributed by atoms with Crippen LogP contribution in [-0.4, -0.2) is 53.2 Å². The lowest BCUT2D eigenvalue weighted by Gasteiger charge is -2.33. The van der Waals surface area contributed by atoms with E-state index in [1.807, 2.05) is 0 Å². The zero-order chi connectivity index (χ0) is 24.5. The maximum atomic E-state index is 14.0. The van der Waals surface area contributed by atoms with Crippen LogP contribution in [0.4, 0.5) is 5.69 Å². The van der Waals surface area contributed by atoms with Gasteiger partial charge in [0.05, 0.1) is 38.6 Å². The van der Waals surface area contributed by atoms with Gasteiger partial charge in [-0.05, 0) is 54.0 Å². The van der Waals surface area contributed by atoms with Crippen LogP contribution in [0.15, 0.2) is 58.3 Å². The van der Waals surface area contributed by atoms with Gasteiger partial charge in [0.1, 0.15) is 0 Å². The molecule has 9 nitrogen and oxygen atoms in total. The number of hydrogen-bond donors (Lipinski definition) is 1. The van der Waals surface area contributed by atoms with Crippen molar-refractivity contribution >= 4 is 48.6 Å². The fourth-order valence-electron chi connectivity index (χ4n) is 5.48. The number of aryl methyl sites for hydroxylation is 1. The van der Waals surface area contributed by atoms with Crippen LogP contribution >= 0.6 is 15.9 Å². The van der Waals surface area contributed by atoms with E-state index >= 15 is 0 Å². The number of piperidine rings is 1. The first kappa shape index (κ1) is 22.4. The molecular formula is C24H23BrN6O3S. The van der Waals surface area contributed by atoms with Crippen molar-refractivity contribution < 1.29 is 13.2 Å². The Morgan fingerprint density at radius 2 is 1.80 bits per heavy atom. The summed E-state index contributed by atoms with van der Waals surface area (Å²) in [6.07, 6.45) is 6.30. The summed E-state index contributed by atoms with van der Waals surface area (Å²) in [6, 6.07) is 8.31. The summed E-state index contributed by atoms with van der Waals surface area (Å²) < 4.78 is 31.6. The molecule has 1 saturated heterocycles. The van der Waals surface area contributed by atoms with Crippen LogP contribution in [0, 0.1) is 0 Å². The van der Waals surface area contributed by atoms with Crippen molar-refractivity contribution in [3.05, 3.63) is 59.0 Å². The van der Waals surface area contributed by atoms with Crippen LogP contribution in [0.1, 0.15) is 18.4 Å². The summed E-state index contributed by atoms with van der Waals surface area (Å²) in [5.74, 6) is 0.0248. The standard InChI is InChI=1S/C24H23BrN6O3S/c1-29-14-15(12-28-29)21-20(25)18-19-17(30(2)23(32)24(19)8-10-26-11-9-24)13-27-22(18)31(21)35(33,34)16-6-4-3-5-7-16/h3-7,12-14,26H,8-11H2,1-2H3. The van der Waals surface area contributed by atoms with E-state index < -0.39 is 15.4 Å². The average Bonchev–Trinajstić information content (AvgIpc) is 3.49. The maximum Gasteiger partial charge on any atom is 0.269 e. The van der Waals surface area contributed by atoms with E-state index in [0.717, 1.165) is 11.3 Å². The molecule has 180 valence electrons. The first-order valence-electron chi connectivity index (χ1n) is 11.3. The summed E-state index contributed by atoms with van der Waals surface area (Å²) in [5.41, 5.74) is 2.19. The van der Waals surface area contributed by atoms with E-state index in [2.05, 4.69) is 31.3 Å². The molecule has 0 atom stereocenters. The molecule has 3 aromatic heterocycles. The number of nitrogens with one attached hydrogen (secondary N) is 1. The average molecular weight is 555 g/mol. The first-order chi connectivity index (χ1) is 16.8. The number of rotatable bonds is 3. The second-order valence-corrected chi connectivity index (χ2v) is 11.6. The predicted molar refractivity (Wildman–Crippen MR) is 136 cm³/mol. The minimum absolute atomic E-state index is 0.0248. The molecule has 0 saturated carbocycles. The number of likely N-dealkylation sites (N-methyl/N-ethyl adjacent to an activating group) is 1. The molecule has 5 heterocycles. The van der Waals surface area contributed by atoms with E-state index in [9.17, 15) is 13.2 Å². The van der Waals surface area contributed by atoms with Crippen LogP contribution in [-0.2, 0) is 27.3 Å². The van der Waals surface area contributed by atoms with Gasteiger partial charge in [-0.2, -0.15) is 5.10 Å². The fraction of sp³-hybridized carbons (Fsp3) is 0.292. The van der Waals surface area contributed by atoms with Gasteiger partial charge in [-0.1, -0.05) is 18.2 Å². The van der Waals surface area contributed by atoms with Crippen LogP contribution in [0.2, 0.25) is 0 Å². The molecule has 11 heteroatoms. The van der Waals surface area contributed by atoms with E-state index in [4.69, 9.17) is 0 Å². The summed E-state index contributed by atoms with van der Waals surface area (Å²) in [5, 5.41) is 8.28. The van der Waals surface area contributed by atoms with Crippen molar-refractivity contribution in [3.63, 3.8) is 0 Å². The number of hydrogen-bond acceptors (Lipinski definition) is 6. The number of anilines is 1. The number of benzene rings is 1. The minimum atomic E-state index is -4.02. The third-order valence-corrected chi connectivity index (χ3v) is 9.61. The molecule has 0 bridgehead atoms. The molecule has 2 aliphatic rings. The van der Waals surface area contributed by atoms with Gasteiger partial charge in [0, 0.05) is 36.8 Å². The van der Waals surface area contributed by atoms with Gasteiger partial charge in [-0.15, -0.1) is 0 Å². The lowest BCUT2D eigenvalue weighted by molar-refractivity contribution is -0.123. The van der Waals surface area contributed by atoms with Crippen LogP contribution in [0.5, 0.6) is 0 Å². The number of carbonyl (C=O) groups excluding carboxylic acids is 1. The highest BCUT2D eigenvalue weighted by Crippen LogP contribution is 2.53. The minimum Gasteiger partial charge on any atom is -0.317 e. The zero-order valence-electron chi connectivity index (χ0n) is 19.2. The third-order valence-electron chi connectivity index (χ3n) is 7.13. The quantitative estimate of drug-likeness (QED) is 0.417. The molecule has 6 rings (SSSR count). The second kappa shape index (κ2) is 7.74. The Morgan fingerprint density at radius 3 is 2.46 bits per heavy atom. The number of amides is 1. The van der Waals surface area contributed by atoms with Gasteiger partial charge < -0.3 is 10.2 Å². The topological polar surface area (TPSA) is 102 Å². The molecule has 0 unspecified atom stereocenters. The Labute approximate surface area is 210 Å². The van der Waals surface area contributed by atoms with E-state index in [1.165, 1.54) is 3.97 Å². The van der Waals surface area contributed by atoms with Gasteiger partial charge in [-0.25, -0.2) is 17.4 Å². The molecule has 1 amide bonds. The Bertz CT molecular complexity index is 1600. The highest BCUT2D eigenvalue weighted by atomic mass is 79.9. The second-order valence-electron chi connectivity index (χ2n) is 9.06. The SMILES string of the molecule is CN1C(=O)C2(CCNCC2)c2c1cnc1c2c(Br)c(-c2cnn(C)c2)n1S(=O)(=O)c1ccccc1. The number of aromatic nitrogens is 4. The van der Waals surface area contributed by atoms with E-state index in [0.29, 0.717) is 52.7 Å². The summed E-state index contributed by atoms with van der Waals surface area (Å²) in [4.78, 5) is 20.0. The van der Waals surface area contributed by atoms with Crippen LogP contribution in [0.25, 0.3) is 22.3 Å². The molecule has 1 aromatic carbocycles. The lowest BCUT2D eigenvalue weighted by atomic mass is 9.73. The van der Waals surface area contributed by atoms with Crippen molar-refractivity contribution in [1.82, 2.24) is 24.1 Å². The highest BCUT2D eigenvalue weighted by molar-refractivity contribution is 9.10.